The number of hydrogen-bond acceptors (Lipinski definition) is 8. The van der Waals surface area contributed by atoms with Crippen molar-refractivity contribution in [2.75, 3.05) is 20.6 Å². The molecule has 2 saturated heterocycles. The van der Waals surface area contributed by atoms with Crippen LogP contribution in [0.4, 0.5) is 0 Å². The van der Waals surface area contributed by atoms with E-state index < -0.39 is 83.8 Å². The Morgan fingerprint density at radius 1 is 0.827 bits per heavy atom. The fourth-order valence-electron chi connectivity index (χ4n) is 7.08. The number of esters is 2. The number of nitrogens with zero attached hydrogens (tertiary/aromatic N) is 3. The number of rotatable bonds is 9. The van der Waals surface area contributed by atoms with Gasteiger partial charge >= 0.3 is 11.9 Å². The molecule has 0 spiro atoms. The smallest absolute Gasteiger partial charge is 0.329 e. The third-order valence-electron chi connectivity index (χ3n) is 10.8. The molecule has 0 aliphatic carbocycles. The Balaban J connectivity index is 2.18. The number of carbonyl (C=O) groups is 6. The fourth-order valence-corrected chi connectivity index (χ4v) is 7.08. The molecule has 2 fully saturated rings. The van der Waals surface area contributed by atoms with Crippen LogP contribution in [-0.2, 0) is 44.7 Å². The van der Waals surface area contributed by atoms with Crippen molar-refractivity contribution in [1.82, 2.24) is 20.0 Å². The molecule has 0 unspecified atom stereocenters. The van der Waals surface area contributed by atoms with Crippen molar-refractivity contribution >= 4 is 35.6 Å². The molecule has 0 bridgehead atoms. The molecule has 1 aromatic carbocycles. The number of ether oxygens (including phenoxy) is 2. The van der Waals surface area contributed by atoms with Crippen LogP contribution in [-0.4, -0.2) is 107 Å². The van der Waals surface area contributed by atoms with Crippen LogP contribution in [0.1, 0.15) is 99.5 Å². The second-order valence-electron chi connectivity index (χ2n) is 15.4. The van der Waals surface area contributed by atoms with Gasteiger partial charge in [0.25, 0.3) is 5.91 Å². The Bertz CT molecular complexity index is 1400. The van der Waals surface area contributed by atoms with E-state index in [4.69, 9.17) is 9.47 Å². The van der Waals surface area contributed by atoms with Gasteiger partial charge in [-0.1, -0.05) is 105 Å². The summed E-state index contributed by atoms with van der Waals surface area (Å²) in [5.74, 6) is -5.17. The Kier molecular flexibility index (Phi) is 15.7. The molecule has 8 atom stereocenters. The van der Waals surface area contributed by atoms with Crippen LogP contribution in [0.5, 0.6) is 0 Å². The topological polar surface area (TPSA) is 143 Å². The molecule has 290 valence electrons. The Labute approximate surface area is 310 Å². The second kappa shape index (κ2) is 19.2. The summed E-state index contributed by atoms with van der Waals surface area (Å²) < 4.78 is 12.2. The van der Waals surface area contributed by atoms with Gasteiger partial charge in [0.15, 0.2) is 6.10 Å². The first-order valence-electron chi connectivity index (χ1n) is 19.1. The van der Waals surface area contributed by atoms with Gasteiger partial charge in [0.1, 0.15) is 30.3 Å². The molecule has 12 nitrogen and oxygen atoms in total. The van der Waals surface area contributed by atoms with Crippen LogP contribution < -0.4 is 5.32 Å². The highest BCUT2D eigenvalue weighted by Crippen LogP contribution is 2.28. The van der Waals surface area contributed by atoms with Gasteiger partial charge < -0.3 is 29.5 Å². The lowest BCUT2D eigenvalue weighted by atomic mass is 9.94. The fraction of sp³-hybridized carbons (Fsp3) is 0.700. The normalized spacial score (nSPS) is 28.2. The van der Waals surface area contributed by atoms with Gasteiger partial charge in [-0.3, -0.25) is 19.2 Å². The molecular formula is C40H62N4O8. The third kappa shape index (κ3) is 10.1. The Hall–Kier alpha value is -3.96. The SMILES string of the molecule is CCCC[C@H]1OC(=O)[C@H]([C@@H](C)CC)N(C)C(=O)[C@@H]2CCCN2C(=O)[C@H](C(C)C)OC(=O)[C@H](Cc2ccccc2)N(C)C(=O)[C@H](C(C)C)NC(=O)[C@@H]1C. The van der Waals surface area contributed by atoms with E-state index in [0.29, 0.717) is 32.1 Å². The van der Waals surface area contributed by atoms with Crippen LogP contribution in [0.15, 0.2) is 30.3 Å². The van der Waals surface area contributed by atoms with Crippen molar-refractivity contribution in [1.29, 1.82) is 0 Å². The summed E-state index contributed by atoms with van der Waals surface area (Å²) in [6.07, 6.45) is 1.48. The number of amides is 4. The molecule has 2 aliphatic rings. The second-order valence-corrected chi connectivity index (χ2v) is 15.4. The lowest BCUT2D eigenvalue weighted by molar-refractivity contribution is -0.171. The van der Waals surface area contributed by atoms with Crippen LogP contribution in [0.3, 0.4) is 0 Å². The van der Waals surface area contributed by atoms with Gasteiger partial charge in [-0.05, 0) is 42.6 Å². The third-order valence-corrected chi connectivity index (χ3v) is 10.8. The standard InChI is InChI=1S/C40H62N4O8/c1-11-13-21-31-27(8)35(45)41-32(24(3)4)37(47)42(9)30(23-28-18-15-14-16-19-28)39(49)52-34(25(5)6)38(48)44-22-17-20-29(44)36(46)43(10)33(26(7)12-2)40(50)51-31/h14-16,18-19,24-27,29-34H,11-13,17,20-23H2,1-10H3,(H,41,45)/t26-,27+,29-,30-,31+,32-,33-,34-/m0/s1. The summed E-state index contributed by atoms with van der Waals surface area (Å²) in [4.78, 5) is 89.1. The van der Waals surface area contributed by atoms with E-state index in [-0.39, 0.29) is 24.8 Å². The van der Waals surface area contributed by atoms with Gasteiger partial charge in [0.2, 0.25) is 17.7 Å². The summed E-state index contributed by atoms with van der Waals surface area (Å²) in [5, 5.41) is 2.90. The van der Waals surface area contributed by atoms with Crippen molar-refractivity contribution in [2.24, 2.45) is 23.7 Å². The number of cyclic esters (lactones) is 2. The molecule has 2 aliphatic heterocycles. The molecule has 4 amide bonds. The summed E-state index contributed by atoms with van der Waals surface area (Å²) in [7, 11) is 3.06. The van der Waals surface area contributed by atoms with Crippen molar-refractivity contribution in [3.05, 3.63) is 35.9 Å². The van der Waals surface area contributed by atoms with E-state index in [0.717, 1.165) is 12.0 Å². The Morgan fingerprint density at radius 3 is 2.06 bits per heavy atom. The van der Waals surface area contributed by atoms with Gasteiger partial charge in [0.05, 0.1) is 5.92 Å². The molecule has 3 rings (SSSR count). The van der Waals surface area contributed by atoms with Crippen molar-refractivity contribution in [3.8, 4) is 0 Å². The molecule has 1 aromatic rings. The van der Waals surface area contributed by atoms with Crippen LogP contribution in [0.25, 0.3) is 0 Å². The number of fused-ring (bicyclic) bond motifs is 1. The number of unbranched alkanes of at least 4 members (excludes halogenated alkanes) is 1. The van der Waals surface area contributed by atoms with Gasteiger partial charge in [-0.2, -0.15) is 0 Å². The van der Waals surface area contributed by atoms with E-state index in [1.807, 2.05) is 51.1 Å². The van der Waals surface area contributed by atoms with E-state index in [9.17, 15) is 28.8 Å². The first kappa shape index (κ1) is 42.5. The van der Waals surface area contributed by atoms with E-state index in [1.165, 1.54) is 21.7 Å². The molecule has 0 saturated carbocycles. The number of hydrogen-bond donors (Lipinski definition) is 1. The minimum Gasteiger partial charge on any atom is -0.460 e. The quantitative estimate of drug-likeness (QED) is 0.370. The summed E-state index contributed by atoms with van der Waals surface area (Å²) in [6.45, 7) is 14.9. The van der Waals surface area contributed by atoms with Crippen LogP contribution in [0.2, 0.25) is 0 Å². The monoisotopic (exact) mass is 726 g/mol. The lowest BCUT2D eigenvalue weighted by Crippen LogP contribution is -2.57. The van der Waals surface area contributed by atoms with E-state index in [1.54, 1.807) is 41.7 Å². The van der Waals surface area contributed by atoms with E-state index in [2.05, 4.69) is 5.32 Å². The molecule has 52 heavy (non-hydrogen) atoms. The largest absolute Gasteiger partial charge is 0.460 e. The van der Waals surface area contributed by atoms with Crippen LogP contribution >= 0.6 is 0 Å². The number of likely N-dealkylation sites (N-methyl/N-ethyl adjacent to an activating group) is 2. The minimum atomic E-state index is -1.23. The van der Waals surface area contributed by atoms with Crippen LogP contribution in [0, 0.1) is 23.7 Å². The lowest BCUT2D eigenvalue weighted by Gasteiger charge is -2.37. The van der Waals surface area contributed by atoms with Gasteiger partial charge in [0, 0.05) is 27.1 Å². The average molecular weight is 727 g/mol. The first-order chi connectivity index (χ1) is 24.5. The molecule has 0 radical (unpaired) electrons. The number of carbonyl (C=O) groups excluding carboxylic acids is 6. The van der Waals surface area contributed by atoms with E-state index >= 15 is 0 Å². The van der Waals surface area contributed by atoms with Crippen molar-refractivity contribution < 1.29 is 38.2 Å². The highest BCUT2D eigenvalue weighted by Gasteiger charge is 2.45. The summed E-state index contributed by atoms with van der Waals surface area (Å²) >= 11 is 0. The molecule has 1 N–H and O–H groups in total. The Morgan fingerprint density at radius 2 is 1.48 bits per heavy atom. The summed E-state index contributed by atoms with van der Waals surface area (Å²) in [6, 6.07) is 5.23. The zero-order chi connectivity index (χ0) is 38.9. The summed E-state index contributed by atoms with van der Waals surface area (Å²) in [5.41, 5.74) is 0.776. The molecule has 2 heterocycles. The highest BCUT2D eigenvalue weighted by molar-refractivity contribution is 5.95. The van der Waals surface area contributed by atoms with Crippen molar-refractivity contribution in [2.45, 2.75) is 137 Å². The molecule has 0 aromatic heterocycles. The van der Waals surface area contributed by atoms with Gasteiger partial charge in [-0.25, -0.2) is 9.59 Å². The zero-order valence-corrected chi connectivity index (χ0v) is 32.9. The molecular weight excluding hydrogens is 664 g/mol. The highest BCUT2D eigenvalue weighted by atomic mass is 16.6. The number of nitrogens with one attached hydrogen (secondary N) is 1. The van der Waals surface area contributed by atoms with Crippen molar-refractivity contribution in [3.63, 3.8) is 0 Å². The maximum absolute atomic E-state index is 14.3. The maximum Gasteiger partial charge on any atom is 0.329 e. The zero-order valence-electron chi connectivity index (χ0n) is 32.9. The minimum absolute atomic E-state index is 0.109. The van der Waals surface area contributed by atoms with Gasteiger partial charge in [-0.15, -0.1) is 0 Å². The maximum atomic E-state index is 14.3. The molecule has 12 heteroatoms. The number of benzene rings is 1. The first-order valence-corrected chi connectivity index (χ1v) is 19.1. The predicted molar refractivity (Wildman–Crippen MR) is 198 cm³/mol. The average Bonchev–Trinajstić information content (AvgIpc) is 3.61. The predicted octanol–water partition coefficient (Wildman–Crippen LogP) is 4.38.